The average molecular weight is 341 g/mol. The predicted molar refractivity (Wildman–Crippen MR) is 92.5 cm³/mol. The molecule has 0 unspecified atom stereocenters. The van der Waals surface area contributed by atoms with Gasteiger partial charge in [0.05, 0.1) is 23.1 Å². The Bertz CT molecular complexity index is 912. The third-order valence-corrected chi connectivity index (χ3v) is 4.28. The van der Waals surface area contributed by atoms with Crippen molar-refractivity contribution in [2.45, 2.75) is 33.9 Å². The number of carbonyl (C=O) groups is 1. The molecule has 3 rings (SSSR count). The second-order valence-corrected chi connectivity index (χ2v) is 5.79. The summed E-state index contributed by atoms with van der Waals surface area (Å²) in [7, 11) is 0. The lowest BCUT2D eigenvalue weighted by molar-refractivity contribution is 0.0951. The van der Waals surface area contributed by atoms with E-state index in [1.165, 1.54) is 12.3 Å². The van der Waals surface area contributed by atoms with Crippen LogP contribution in [-0.4, -0.2) is 25.9 Å². The molecule has 0 bridgehead atoms. The van der Waals surface area contributed by atoms with E-state index in [9.17, 15) is 9.18 Å². The van der Waals surface area contributed by atoms with Crippen molar-refractivity contribution in [3.63, 3.8) is 0 Å². The maximum atomic E-state index is 14.0. The number of aryl methyl sites for hydroxylation is 2. The van der Waals surface area contributed by atoms with Gasteiger partial charge < -0.3 is 5.32 Å². The van der Waals surface area contributed by atoms with Gasteiger partial charge in [-0.05, 0) is 32.9 Å². The van der Waals surface area contributed by atoms with Crippen LogP contribution in [0.5, 0.6) is 0 Å². The summed E-state index contributed by atoms with van der Waals surface area (Å²) in [5.74, 6) is -0.716. The minimum absolute atomic E-state index is 0.309. The number of hydrogen-bond donors (Lipinski definition) is 2. The molecule has 130 valence electrons. The SMILES string of the molecule is CCn1nc(C)c(CNC(=O)c2cn[nH]c2-c2ccccc2F)c1C. The van der Waals surface area contributed by atoms with Crippen molar-refractivity contribution in [1.82, 2.24) is 25.3 Å². The first-order valence-electron chi connectivity index (χ1n) is 8.12. The molecule has 0 saturated heterocycles. The molecule has 2 N–H and O–H groups in total. The van der Waals surface area contributed by atoms with Crippen molar-refractivity contribution >= 4 is 5.91 Å². The Balaban J connectivity index is 1.81. The lowest BCUT2D eigenvalue weighted by atomic mass is 10.1. The molecule has 2 heterocycles. The first-order valence-corrected chi connectivity index (χ1v) is 8.12. The van der Waals surface area contributed by atoms with Gasteiger partial charge in [-0.15, -0.1) is 0 Å². The fourth-order valence-corrected chi connectivity index (χ4v) is 2.89. The second kappa shape index (κ2) is 6.88. The first-order chi connectivity index (χ1) is 12.0. The Labute approximate surface area is 145 Å². The van der Waals surface area contributed by atoms with Gasteiger partial charge in [0.25, 0.3) is 5.91 Å². The van der Waals surface area contributed by atoms with Crippen LogP contribution in [0.1, 0.15) is 34.2 Å². The molecule has 1 aromatic carbocycles. The van der Waals surface area contributed by atoms with E-state index in [2.05, 4.69) is 20.6 Å². The molecule has 1 amide bonds. The zero-order valence-electron chi connectivity index (χ0n) is 14.4. The summed E-state index contributed by atoms with van der Waals surface area (Å²) < 4.78 is 15.9. The molecule has 0 radical (unpaired) electrons. The summed E-state index contributed by atoms with van der Waals surface area (Å²) in [4.78, 5) is 12.6. The third-order valence-electron chi connectivity index (χ3n) is 4.28. The van der Waals surface area contributed by atoms with E-state index in [0.717, 1.165) is 23.5 Å². The normalized spacial score (nSPS) is 10.9. The third kappa shape index (κ3) is 3.17. The first kappa shape index (κ1) is 16.9. The predicted octanol–water partition coefficient (Wildman–Crippen LogP) is 2.98. The molecule has 2 aromatic heterocycles. The van der Waals surface area contributed by atoms with Gasteiger partial charge in [-0.3, -0.25) is 14.6 Å². The van der Waals surface area contributed by atoms with Crippen molar-refractivity contribution in [1.29, 1.82) is 0 Å². The van der Waals surface area contributed by atoms with E-state index in [1.807, 2.05) is 25.5 Å². The molecule has 7 heteroatoms. The van der Waals surface area contributed by atoms with Crippen LogP contribution in [-0.2, 0) is 13.1 Å². The summed E-state index contributed by atoms with van der Waals surface area (Å²) in [6, 6.07) is 6.28. The number of benzene rings is 1. The average Bonchev–Trinajstić information content (AvgIpc) is 3.18. The van der Waals surface area contributed by atoms with Gasteiger partial charge in [0.1, 0.15) is 5.82 Å². The molecule has 0 atom stereocenters. The van der Waals surface area contributed by atoms with E-state index in [-0.39, 0.29) is 5.91 Å². The zero-order chi connectivity index (χ0) is 18.0. The van der Waals surface area contributed by atoms with Crippen molar-refractivity contribution in [2.24, 2.45) is 0 Å². The topological polar surface area (TPSA) is 75.6 Å². The van der Waals surface area contributed by atoms with Gasteiger partial charge in [-0.1, -0.05) is 12.1 Å². The molecule has 0 aliphatic carbocycles. The molecule has 25 heavy (non-hydrogen) atoms. The number of halogens is 1. The maximum Gasteiger partial charge on any atom is 0.255 e. The van der Waals surface area contributed by atoms with Crippen LogP contribution in [0.3, 0.4) is 0 Å². The standard InChI is InChI=1S/C18H20FN5O/c1-4-24-12(3)14(11(2)23-24)9-20-18(25)15-10-21-22-17(15)13-7-5-6-8-16(13)19/h5-8,10H,4,9H2,1-3H3,(H,20,25)(H,21,22). The van der Waals surface area contributed by atoms with Crippen LogP contribution in [0.2, 0.25) is 0 Å². The molecule has 6 nitrogen and oxygen atoms in total. The summed E-state index contributed by atoms with van der Waals surface area (Å²) in [6.07, 6.45) is 1.41. The number of aromatic amines is 1. The van der Waals surface area contributed by atoms with Crippen molar-refractivity contribution in [3.05, 3.63) is 58.8 Å². The highest BCUT2D eigenvalue weighted by Crippen LogP contribution is 2.24. The lowest BCUT2D eigenvalue weighted by Crippen LogP contribution is -2.23. The largest absolute Gasteiger partial charge is 0.348 e. The van der Waals surface area contributed by atoms with Crippen LogP contribution in [0.15, 0.2) is 30.5 Å². The van der Waals surface area contributed by atoms with Crippen LogP contribution >= 0.6 is 0 Å². The number of hydrogen-bond acceptors (Lipinski definition) is 3. The van der Waals surface area contributed by atoms with Crippen molar-refractivity contribution in [2.75, 3.05) is 0 Å². The fourth-order valence-electron chi connectivity index (χ4n) is 2.89. The summed E-state index contributed by atoms with van der Waals surface area (Å²) in [5.41, 5.74) is 3.90. The molecule has 0 fully saturated rings. The summed E-state index contributed by atoms with van der Waals surface area (Å²) in [6.45, 7) is 7.06. The van der Waals surface area contributed by atoms with E-state index in [1.54, 1.807) is 18.2 Å². The van der Waals surface area contributed by atoms with Crippen molar-refractivity contribution < 1.29 is 9.18 Å². The van der Waals surface area contributed by atoms with E-state index < -0.39 is 5.82 Å². The number of rotatable bonds is 5. The van der Waals surface area contributed by atoms with Gasteiger partial charge in [0, 0.05) is 29.9 Å². The molecule has 3 aromatic rings. The highest BCUT2D eigenvalue weighted by molar-refractivity contribution is 5.99. The summed E-state index contributed by atoms with van der Waals surface area (Å²) >= 11 is 0. The molecule has 0 aliphatic heterocycles. The monoisotopic (exact) mass is 341 g/mol. The number of nitrogens with one attached hydrogen (secondary N) is 2. The molecular formula is C18H20FN5O. The summed E-state index contributed by atoms with van der Waals surface area (Å²) in [5, 5.41) is 13.9. The van der Waals surface area contributed by atoms with Crippen LogP contribution < -0.4 is 5.32 Å². The number of carbonyl (C=O) groups excluding carboxylic acids is 1. The Morgan fingerprint density at radius 2 is 2.08 bits per heavy atom. The molecule has 0 saturated carbocycles. The smallest absolute Gasteiger partial charge is 0.255 e. The van der Waals surface area contributed by atoms with E-state index in [0.29, 0.717) is 23.4 Å². The molecule has 0 spiro atoms. The maximum absolute atomic E-state index is 14.0. The van der Waals surface area contributed by atoms with Crippen molar-refractivity contribution in [3.8, 4) is 11.3 Å². The van der Waals surface area contributed by atoms with Gasteiger partial charge in [-0.25, -0.2) is 4.39 Å². The van der Waals surface area contributed by atoms with Gasteiger partial charge in [-0.2, -0.15) is 10.2 Å². The lowest BCUT2D eigenvalue weighted by Gasteiger charge is -2.07. The highest BCUT2D eigenvalue weighted by atomic mass is 19.1. The highest BCUT2D eigenvalue weighted by Gasteiger charge is 2.18. The van der Waals surface area contributed by atoms with Gasteiger partial charge in [0.2, 0.25) is 0 Å². The Morgan fingerprint density at radius 3 is 2.76 bits per heavy atom. The number of nitrogens with zero attached hydrogens (tertiary/aromatic N) is 3. The Morgan fingerprint density at radius 1 is 1.32 bits per heavy atom. The Hall–Kier alpha value is -2.96. The fraction of sp³-hybridized carbons (Fsp3) is 0.278. The molecular weight excluding hydrogens is 321 g/mol. The zero-order valence-corrected chi connectivity index (χ0v) is 14.4. The van der Waals surface area contributed by atoms with E-state index in [4.69, 9.17) is 0 Å². The molecule has 0 aliphatic rings. The Kier molecular flexibility index (Phi) is 4.65. The minimum Gasteiger partial charge on any atom is -0.348 e. The number of amides is 1. The van der Waals surface area contributed by atoms with Gasteiger partial charge >= 0.3 is 0 Å². The number of aromatic nitrogens is 4. The second-order valence-electron chi connectivity index (χ2n) is 5.79. The van der Waals surface area contributed by atoms with Crippen LogP contribution in [0, 0.1) is 19.7 Å². The van der Waals surface area contributed by atoms with E-state index >= 15 is 0 Å². The number of H-pyrrole nitrogens is 1. The van der Waals surface area contributed by atoms with Gasteiger partial charge in [0.15, 0.2) is 0 Å². The quantitative estimate of drug-likeness (QED) is 0.749. The van der Waals surface area contributed by atoms with Crippen LogP contribution in [0.25, 0.3) is 11.3 Å². The van der Waals surface area contributed by atoms with Crippen LogP contribution in [0.4, 0.5) is 4.39 Å². The minimum atomic E-state index is -0.406.